The highest BCUT2D eigenvalue weighted by Crippen LogP contribution is 2.30. The molecular weight excluding hydrogens is 364 g/mol. The van der Waals surface area contributed by atoms with Crippen LogP contribution in [0.3, 0.4) is 0 Å². The number of fused-ring (bicyclic) bond motifs is 1. The van der Waals surface area contributed by atoms with Gasteiger partial charge in [-0.15, -0.1) is 11.3 Å². The van der Waals surface area contributed by atoms with Crippen molar-refractivity contribution in [1.82, 2.24) is 4.57 Å². The van der Waals surface area contributed by atoms with Gasteiger partial charge in [-0.25, -0.2) is 0 Å². The van der Waals surface area contributed by atoms with Crippen LogP contribution in [0.4, 0.5) is 0 Å². The molecule has 24 heavy (non-hydrogen) atoms. The Morgan fingerprint density at radius 2 is 2.08 bits per heavy atom. The predicted octanol–water partition coefficient (Wildman–Crippen LogP) is 4.42. The van der Waals surface area contributed by atoms with Crippen LogP contribution in [0.15, 0.2) is 29.3 Å². The van der Waals surface area contributed by atoms with Gasteiger partial charge < -0.3 is 9.30 Å². The summed E-state index contributed by atoms with van der Waals surface area (Å²) in [4.78, 5) is 18.3. The zero-order chi connectivity index (χ0) is 17.3. The molecule has 0 N–H and O–H groups in total. The minimum atomic E-state index is -0.168. The summed E-state index contributed by atoms with van der Waals surface area (Å²) in [5.41, 5.74) is 2.15. The number of carbonyl (C=O) groups is 1. The maximum Gasteiger partial charge on any atom is 0.253 e. The van der Waals surface area contributed by atoms with Crippen molar-refractivity contribution in [3.05, 3.63) is 43.8 Å². The van der Waals surface area contributed by atoms with Gasteiger partial charge >= 0.3 is 0 Å². The smallest absolute Gasteiger partial charge is 0.253 e. The fourth-order valence-electron chi connectivity index (χ4n) is 2.56. The quantitative estimate of drug-likeness (QED) is 0.672. The van der Waals surface area contributed by atoms with Gasteiger partial charge in [0.25, 0.3) is 5.91 Å². The van der Waals surface area contributed by atoms with E-state index >= 15 is 0 Å². The van der Waals surface area contributed by atoms with Gasteiger partial charge in [0, 0.05) is 11.4 Å². The molecule has 0 unspecified atom stereocenters. The molecule has 0 saturated heterocycles. The molecule has 4 nitrogen and oxygen atoms in total. The Hall–Kier alpha value is -1.63. The molecular formula is C17H17ClN2O2S2. The van der Waals surface area contributed by atoms with Crippen molar-refractivity contribution in [2.24, 2.45) is 4.99 Å². The normalized spacial score (nSPS) is 12.1. The van der Waals surface area contributed by atoms with Crippen molar-refractivity contribution in [2.45, 2.75) is 26.8 Å². The molecule has 0 aliphatic carbocycles. The summed E-state index contributed by atoms with van der Waals surface area (Å²) in [6, 6.07) is 7.65. The van der Waals surface area contributed by atoms with Crippen molar-refractivity contribution >= 4 is 50.4 Å². The van der Waals surface area contributed by atoms with Gasteiger partial charge in [-0.3, -0.25) is 4.79 Å². The first-order chi connectivity index (χ1) is 11.5. The van der Waals surface area contributed by atoms with Crippen LogP contribution in [0.25, 0.3) is 10.2 Å². The van der Waals surface area contributed by atoms with E-state index in [0.29, 0.717) is 9.14 Å². The van der Waals surface area contributed by atoms with Crippen LogP contribution in [0, 0.1) is 6.92 Å². The highest BCUT2D eigenvalue weighted by molar-refractivity contribution is 7.17. The van der Waals surface area contributed by atoms with Crippen molar-refractivity contribution in [2.75, 3.05) is 7.11 Å². The average Bonchev–Trinajstić information content (AvgIpc) is 3.11. The number of hydrogen-bond acceptors (Lipinski definition) is 4. The zero-order valence-corrected chi connectivity index (χ0v) is 16.0. The van der Waals surface area contributed by atoms with E-state index in [9.17, 15) is 4.79 Å². The van der Waals surface area contributed by atoms with E-state index in [2.05, 4.69) is 11.9 Å². The number of halogens is 1. The number of hydrogen-bond donors (Lipinski definition) is 0. The van der Waals surface area contributed by atoms with Crippen LogP contribution >= 0.6 is 34.3 Å². The molecule has 0 atom stereocenters. The highest BCUT2D eigenvalue weighted by Gasteiger charge is 2.13. The third-order valence-electron chi connectivity index (χ3n) is 3.70. The van der Waals surface area contributed by atoms with Crippen LogP contribution in [0.1, 0.15) is 17.4 Å². The zero-order valence-electron chi connectivity index (χ0n) is 13.6. The molecule has 0 aliphatic heterocycles. The van der Waals surface area contributed by atoms with E-state index in [-0.39, 0.29) is 12.3 Å². The monoisotopic (exact) mass is 380 g/mol. The Balaban J connectivity index is 2.08. The number of methoxy groups -OCH3 is 1. The van der Waals surface area contributed by atoms with Crippen LogP contribution in [-0.4, -0.2) is 17.6 Å². The number of carbonyl (C=O) groups excluding carboxylic acids is 1. The Kier molecular flexibility index (Phi) is 5.08. The first-order valence-corrected chi connectivity index (χ1v) is 9.53. The maximum absolute atomic E-state index is 12.3. The first kappa shape index (κ1) is 17.2. The Bertz CT molecular complexity index is 969. The van der Waals surface area contributed by atoms with E-state index in [1.54, 1.807) is 13.2 Å². The molecule has 0 fully saturated rings. The van der Waals surface area contributed by atoms with Crippen molar-refractivity contribution in [3.8, 4) is 5.75 Å². The maximum atomic E-state index is 12.3. The summed E-state index contributed by atoms with van der Waals surface area (Å²) < 4.78 is 9.30. The second kappa shape index (κ2) is 7.09. The summed E-state index contributed by atoms with van der Waals surface area (Å²) in [5, 5.41) is 0. The molecule has 126 valence electrons. The lowest BCUT2D eigenvalue weighted by atomic mass is 10.2. The lowest BCUT2D eigenvalue weighted by Gasteiger charge is -2.07. The highest BCUT2D eigenvalue weighted by atomic mass is 35.5. The minimum Gasteiger partial charge on any atom is -0.495 e. The fourth-order valence-corrected chi connectivity index (χ4v) is 4.84. The Morgan fingerprint density at radius 3 is 2.71 bits per heavy atom. The van der Waals surface area contributed by atoms with E-state index in [1.165, 1.54) is 22.7 Å². The summed E-state index contributed by atoms with van der Waals surface area (Å²) in [5.74, 6) is 0.631. The topological polar surface area (TPSA) is 43.6 Å². The largest absolute Gasteiger partial charge is 0.495 e. The number of aromatic nitrogens is 1. The Morgan fingerprint density at radius 1 is 1.29 bits per heavy atom. The average molecular weight is 381 g/mol. The van der Waals surface area contributed by atoms with Crippen molar-refractivity contribution in [1.29, 1.82) is 0 Å². The summed E-state index contributed by atoms with van der Waals surface area (Å²) in [6.45, 7) is 4.81. The van der Waals surface area contributed by atoms with Gasteiger partial charge in [0.05, 0.1) is 22.6 Å². The van der Waals surface area contributed by atoms with Gasteiger partial charge in [0.2, 0.25) is 0 Å². The molecule has 0 bridgehead atoms. The number of thiophene rings is 1. The number of aryl methyl sites for hydroxylation is 2. The molecule has 3 rings (SSSR count). The second-order valence-corrected chi connectivity index (χ2v) is 8.06. The number of thiazole rings is 1. The first-order valence-electron chi connectivity index (χ1n) is 7.52. The van der Waals surface area contributed by atoms with E-state index < -0.39 is 0 Å². The standard InChI is InChI=1S/C17H17ClN2O2S2/c1-4-20-15-12(22-3)7-5-10(2)16(15)24-17(20)19-14(21)9-11-6-8-13(18)23-11/h5-8H,4,9H2,1-3H3. The molecule has 0 saturated carbocycles. The van der Waals surface area contributed by atoms with Crippen LogP contribution in [0.2, 0.25) is 4.34 Å². The van der Waals surface area contributed by atoms with E-state index in [1.807, 2.05) is 29.7 Å². The molecule has 1 aromatic carbocycles. The lowest BCUT2D eigenvalue weighted by molar-refractivity contribution is -0.117. The molecule has 7 heteroatoms. The van der Waals surface area contributed by atoms with E-state index in [4.69, 9.17) is 16.3 Å². The van der Waals surface area contributed by atoms with Crippen molar-refractivity contribution in [3.63, 3.8) is 0 Å². The minimum absolute atomic E-state index is 0.168. The molecule has 3 aromatic rings. The van der Waals surface area contributed by atoms with E-state index in [0.717, 1.165) is 33.0 Å². The summed E-state index contributed by atoms with van der Waals surface area (Å²) >= 11 is 8.85. The van der Waals surface area contributed by atoms with Crippen LogP contribution in [0.5, 0.6) is 5.75 Å². The number of rotatable bonds is 4. The number of benzene rings is 1. The summed E-state index contributed by atoms with van der Waals surface area (Å²) in [7, 11) is 1.66. The van der Waals surface area contributed by atoms with Gasteiger partial charge in [0.1, 0.15) is 11.3 Å². The molecule has 2 heterocycles. The van der Waals surface area contributed by atoms with Gasteiger partial charge in [-0.1, -0.05) is 29.0 Å². The summed E-state index contributed by atoms with van der Waals surface area (Å²) in [6.07, 6.45) is 0.269. The number of ether oxygens (including phenoxy) is 1. The molecule has 2 aromatic heterocycles. The molecule has 1 amide bonds. The predicted molar refractivity (Wildman–Crippen MR) is 100 cm³/mol. The fraction of sp³-hybridized carbons (Fsp3) is 0.294. The molecule has 0 spiro atoms. The third kappa shape index (κ3) is 3.27. The van der Waals surface area contributed by atoms with Gasteiger partial charge in [-0.2, -0.15) is 4.99 Å². The van der Waals surface area contributed by atoms with Crippen molar-refractivity contribution < 1.29 is 9.53 Å². The van der Waals surface area contributed by atoms with Crippen LogP contribution < -0.4 is 9.54 Å². The number of amides is 1. The van der Waals surface area contributed by atoms with Gasteiger partial charge in [0.15, 0.2) is 4.80 Å². The Labute approximate surface area is 153 Å². The van der Waals surface area contributed by atoms with Crippen LogP contribution in [-0.2, 0) is 17.8 Å². The second-order valence-electron chi connectivity index (χ2n) is 5.28. The number of nitrogens with zero attached hydrogens (tertiary/aromatic N) is 2. The lowest BCUT2D eigenvalue weighted by Crippen LogP contribution is -2.16. The van der Waals surface area contributed by atoms with Gasteiger partial charge in [-0.05, 0) is 37.6 Å². The molecule has 0 radical (unpaired) electrons. The third-order valence-corrected chi connectivity index (χ3v) is 6.14. The SMILES string of the molecule is CCn1c(=NC(=O)Cc2ccc(Cl)s2)sc2c(C)ccc(OC)c21. The molecule has 0 aliphatic rings.